The largest absolute Gasteiger partial charge is 0.477 e. The van der Waals surface area contributed by atoms with Crippen LogP contribution in [0.2, 0.25) is 0 Å². The molecule has 4 heterocycles. The predicted octanol–water partition coefficient (Wildman–Crippen LogP) is 1.49. The summed E-state index contributed by atoms with van der Waals surface area (Å²) < 4.78 is 0. The van der Waals surface area contributed by atoms with Crippen molar-refractivity contribution in [3.05, 3.63) is 41.2 Å². The summed E-state index contributed by atoms with van der Waals surface area (Å²) in [4.78, 5) is 47.0. The highest BCUT2D eigenvalue weighted by molar-refractivity contribution is 8.03. The number of aromatic nitrogens is 2. The molecule has 2 fully saturated rings. The highest BCUT2D eigenvalue weighted by Crippen LogP contribution is 2.52. The smallest absolute Gasteiger partial charge is 0.353 e. The Hall–Kier alpha value is -3.02. The van der Waals surface area contributed by atoms with E-state index in [1.165, 1.54) is 16.7 Å². The second kappa shape index (κ2) is 8.64. The van der Waals surface area contributed by atoms with Crippen molar-refractivity contribution < 1.29 is 24.6 Å². The van der Waals surface area contributed by atoms with E-state index in [2.05, 4.69) is 15.4 Å². The van der Waals surface area contributed by atoms with Crippen LogP contribution in [0.5, 0.6) is 0 Å². The number of aliphatic hydroxyl groups excluding tert-OH is 1. The Bertz CT molecular complexity index is 1200. The maximum Gasteiger partial charge on any atom is 0.353 e. The maximum atomic E-state index is 12.6. The van der Waals surface area contributed by atoms with Gasteiger partial charge in [-0.1, -0.05) is 6.92 Å². The minimum atomic E-state index is -1.15. The molecule has 2 unspecified atom stereocenters. The van der Waals surface area contributed by atoms with Gasteiger partial charge in [0, 0.05) is 35.0 Å². The second-order valence-corrected chi connectivity index (χ2v) is 10.3. The third-order valence-electron chi connectivity index (χ3n) is 6.81. The molecule has 5 rings (SSSR count). The van der Waals surface area contributed by atoms with Crippen LogP contribution >= 0.6 is 11.8 Å². The van der Waals surface area contributed by atoms with Crippen LogP contribution in [0.4, 0.5) is 5.69 Å². The predicted molar refractivity (Wildman–Crippen MR) is 125 cm³/mol. The van der Waals surface area contributed by atoms with Gasteiger partial charge in [-0.2, -0.15) is 0 Å². The molecule has 3 aliphatic heterocycles. The summed E-state index contributed by atoms with van der Waals surface area (Å²) in [6.07, 6.45) is 3.84. The van der Waals surface area contributed by atoms with Crippen LogP contribution in [0.25, 0.3) is 11.0 Å². The summed E-state index contributed by atoms with van der Waals surface area (Å²) in [5.41, 5.74) is 5.57. The number of nitrogens with one attached hydrogen (secondary N) is 1. The lowest BCUT2D eigenvalue weighted by molar-refractivity contribution is -0.163. The number of hydrogen-bond acceptors (Lipinski definition) is 9. The van der Waals surface area contributed by atoms with Crippen molar-refractivity contribution >= 4 is 46.6 Å². The molecule has 0 aliphatic carbocycles. The maximum absolute atomic E-state index is 12.6. The van der Waals surface area contributed by atoms with Crippen LogP contribution in [-0.4, -0.2) is 78.2 Å². The van der Waals surface area contributed by atoms with E-state index in [0.29, 0.717) is 17.9 Å². The number of benzene rings is 1. The van der Waals surface area contributed by atoms with Crippen molar-refractivity contribution in [1.29, 1.82) is 0 Å². The molecule has 0 spiro atoms. The number of carbonyl (C=O) groups excluding carboxylic acids is 2. The number of β-lactam (4-membered cyclic amide) rings is 1. The van der Waals surface area contributed by atoms with Crippen LogP contribution < -0.4 is 5.43 Å². The van der Waals surface area contributed by atoms with Gasteiger partial charge in [0.2, 0.25) is 5.91 Å². The van der Waals surface area contributed by atoms with Gasteiger partial charge in [-0.05, 0) is 31.5 Å². The lowest BCUT2D eigenvalue weighted by atomic mass is 9.79. The van der Waals surface area contributed by atoms with Gasteiger partial charge in [0.05, 0.1) is 40.8 Å². The van der Waals surface area contributed by atoms with Crippen molar-refractivity contribution in [3.63, 3.8) is 0 Å². The molecule has 3 N–H and O–H groups in total. The van der Waals surface area contributed by atoms with Crippen molar-refractivity contribution in [2.24, 2.45) is 11.8 Å². The number of aliphatic carboxylic acids is 1. The normalized spacial score (nSPS) is 29.8. The number of carboxylic acids is 1. The quantitative estimate of drug-likeness (QED) is 0.392. The number of anilines is 1. The van der Waals surface area contributed by atoms with E-state index < -0.39 is 18.0 Å². The zero-order valence-electron chi connectivity index (χ0n) is 18.7. The number of amides is 1. The van der Waals surface area contributed by atoms with Crippen LogP contribution in [0.1, 0.15) is 20.3 Å². The Morgan fingerprint density at radius 1 is 1.29 bits per heavy atom. The molecule has 10 nitrogen and oxygen atoms in total. The Kier molecular flexibility index (Phi) is 5.78. The molecule has 2 aromatic rings. The molecule has 2 saturated heterocycles. The topological polar surface area (TPSA) is 136 Å². The van der Waals surface area contributed by atoms with Gasteiger partial charge < -0.3 is 25.3 Å². The Morgan fingerprint density at radius 3 is 2.71 bits per heavy atom. The van der Waals surface area contributed by atoms with Crippen LogP contribution in [-0.2, 0) is 14.4 Å². The number of aliphatic hydroxyl groups is 1. The molecular weight excluding hydrogens is 458 g/mol. The number of hydrogen-bond donors (Lipinski definition) is 3. The van der Waals surface area contributed by atoms with Crippen LogP contribution in [0, 0.1) is 11.8 Å². The molecule has 6 atom stereocenters. The molecule has 0 saturated carbocycles. The highest BCUT2D eigenvalue weighted by atomic mass is 32.2. The third kappa shape index (κ3) is 3.64. The molecule has 3 aliphatic rings. The van der Waals surface area contributed by atoms with E-state index >= 15 is 0 Å². The Morgan fingerprint density at radius 2 is 2.03 bits per heavy atom. The number of nitrogens with zero attached hydrogens (tertiary/aromatic N) is 4. The first-order chi connectivity index (χ1) is 16.3. The molecule has 1 aromatic heterocycles. The summed E-state index contributed by atoms with van der Waals surface area (Å²) >= 11 is 1.42. The van der Waals surface area contributed by atoms with Crippen molar-refractivity contribution in [1.82, 2.24) is 19.9 Å². The Balaban J connectivity index is 1.34. The number of carboxylic acid groups (broad SMARTS) is 1. The van der Waals surface area contributed by atoms with Gasteiger partial charge in [0.25, 0.3) is 0 Å². The van der Waals surface area contributed by atoms with Gasteiger partial charge in [-0.25, -0.2) is 9.80 Å². The molecule has 0 bridgehead atoms. The summed E-state index contributed by atoms with van der Waals surface area (Å²) in [6, 6.07) is 4.85. The molecular formula is C23H25N5O5S. The lowest BCUT2D eigenvalue weighted by Gasteiger charge is -2.46. The van der Waals surface area contributed by atoms with Crippen molar-refractivity contribution in [3.8, 4) is 0 Å². The first-order valence-electron chi connectivity index (χ1n) is 11.1. The van der Waals surface area contributed by atoms with Gasteiger partial charge in [-0.15, -0.1) is 11.8 Å². The number of rotatable bonds is 7. The summed E-state index contributed by atoms with van der Waals surface area (Å²) in [6.45, 7) is 3.97. The molecule has 0 radical (unpaired) electrons. The van der Waals surface area contributed by atoms with E-state index in [9.17, 15) is 24.6 Å². The number of carbonyl (C=O) groups is 3. The minimum absolute atomic E-state index is 0.00608. The average molecular weight is 484 g/mol. The van der Waals surface area contributed by atoms with E-state index in [1.807, 2.05) is 30.1 Å². The van der Waals surface area contributed by atoms with Crippen LogP contribution in [0.15, 0.2) is 41.2 Å². The van der Waals surface area contributed by atoms with Crippen molar-refractivity contribution in [2.75, 3.05) is 12.0 Å². The first-order valence-corrected chi connectivity index (χ1v) is 12.0. The zero-order valence-corrected chi connectivity index (χ0v) is 19.5. The molecule has 1 aromatic carbocycles. The highest BCUT2D eigenvalue weighted by Gasteiger charge is 2.60. The molecule has 34 heavy (non-hydrogen) atoms. The SMILES string of the molecule is C[C@@H]1C(SC2C[C@@H](C=O)N(Nc3ccc4nccnc4c3)C2)=C(C(=O)O)N2C(=O)C([C@@H](C)O)[C@@H]12. The van der Waals surface area contributed by atoms with E-state index in [0.717, 1.165) is 23.0 Å². The number of fused-ring (bicyclic) bond motifs is 2. The molecule has 178 valence electrons. The number of aldehydes is 1. The summed E-state index contributed by atoms with van der Waals surface area (Å²) in [5, 5.41) is 21.7. The zero-order chi connectivity index (χ0) is 24.1. The van der Waals surface area contributed by atoms with Gasteiger partial charge >= 0.3 is 5.97 Å². The minimum Gasteiger partial charge on any atom is -0.477 e. The fourth-order valence-electron chi connectivity index (χ4n) is 5.23. The van der Waals surface area contributed by atoms with Gasteiger partial charge in [0.15, 0.2) is 0 Å². The summed E-state index contributed by atoms with van der Waals surface area (Å²) in [7, 11) is 0. The monoisotopic (exact) mass is 483 g/mol. The summed E-state index contributed by atoms with van der Waals surface area (Å²) in [5.74, 6) is -2.29. The average Bonchev–Trinajstić information content (AvgIpc) is 3.30. The lowest BCUT2D eigenvalue weighted by Crippen LogP contribution is -2.63. The fraction of sp³-hybridized carbons (Fsp3) is 0.435. The molecule has 11 heteroatoms. The second-order valence-electron chi connectivity index (χ2n) is 8.97. The van der Waals surface area contributed by atoms with E-state index in [4.69, 9.17) is 0 Å². The van der Waals surface area contributed by atoms with E-state index in [-0.39, 0.29) is 34.9 Å². The van der Waals surface area contributed by atoms with Crippen LogP contribution in [0.3, 0.4) is 0 Å². The number of thioether (sulfide) groups is 1. The Labute approximate surface area is 200 Å². The van der Waals surface area contributed by atoms with Crippen molar-refractivity contribution in [2.45, 2.75) is 43.7 Å². The first kappa shape index (κ1) is 22.8. The standard InChI is InChI=1S/C23H25N5O5S/c1-11-19-18(12(2)30)22(31)28(19)20(23(32)33)21(11)34-15-8-14(10-29)27(9-15)26-13-3-4-16-17(7-13)25-6-5-24-16/h3-7,10-12,14-15,18-19,26,30H,8-9H2,1-2H3,(H,32,33)/t11-,12+,14-,15?,18?,19+/m0/s1. The van der Waals surface area contributed by atoms with Gasteiger partial charge in [0.1, 0.15) is 12.0 Å². The molecule has 1 amide bonds. The third-order valence-corrected chi connectivity index (χ3v) is 8.30. The fourth-order valence-corrected chi connectivity index (χ4v) is 6.76. The van der Waals surface area contributed by atoms with Gasteiger partial charge in [-0.3, -0.25) is 14.8 Å². The number of hydrazine groups is 1. The van der Waals surface area contributed by atoms with E-state index in [1.54, 1.807) is 19.3 Å².